The van der Waals surface area contributed by atoms with Crippen LogP contribution in [-0.4, -0.2) is 20.9 Å². The number of hydrogen-bond acceptors (Lipinski definition) is 4. The van der Waals surface area contributed by atoms with Crippen LogP contribution in [0.5, 0.6) is 0 Å². The summed E-state index contributed by atoms with van der Waals surface area (Å²) in [5, 5.41) is 10.1. The summed E-state index contributed by atoms with van der Waals surface area (Å²) < 4.78 is 26.0. The number of benzene rings is 1. The third-order valence-electron chi connectivity index (χ3n) is 1.75. The first-order valence-electron chi connectivity index (χ1n) is 4.37. The maximum Gasteiger partial charge on any atom is 0.241 e. The number of hydrogen-bond donors (Lipinski definition) is 1. The average Bonchev–Trinajstić information content (AvgIpc) is 2.17. The van der Waals surface area contributed by atoms with Gasteiger partial charge in [0.2, 0.25) is 10.0 Å². The van der Waals surface area contributed by atoms with Crippen LogP contribution >= 0.6 is 15.9 Å². The third kappa shape index (κ3) is 3.58. The van der Waals surface area contributed by atoms with Crippen LogP contribution in [0, 0.1) is 0 Å². The van der Waals surface area contributed by atoms with Gasteiger partial charge in [0.1, 0.15) is 0 Å². The van der Waals surface area contributed by atoms with Crippen molar-refractivity contribution in [2.24, 2.45) is 0 Å². The summed E-state index contributed by atoms with van der Waals surface area (Å²) >= 11 is 3.11. The number of carbonyl (C=O) groups is 1. The van der Waals surface area contributed by atoms with Crippen molar-refractivity contribution in [3.8, 4) is 0 Å². The summed E-state index contributed by atoms with van der Waals surface area (Å²) in [4.78, 5) is 10.2. The minimum absolute atomic E-state index is 0.0772. The number of carbonyl (C=O) groups excluding carboxylic acids is 1. The maximum absolute atomic E-state index is 11.7. The topological polar surface area (TPSA) is 86.3 Å². The van der Waals surface area contributed by atoms with Crippen LogP contribution in [0.3, 0.4) is 0 Å². The second-order valence-electron chi connectivity index (χ2n) is 2.95. The molecule has 0 unspecified atom stereocenters. The second kappa shape index (κ2) is 5.42. The molecule has 0 fully saturated rings. The monoisotopic (exact) mass is 306 g/mol. The number of rotatable bonds is 5. The second-order valence-corrected chi connectivity index (χ2v) is 5.54. The van der Waals surface area contributed by atoms with E-state index in [2.05, 4.69) is 20.7 Å². The van der Waals surface area contributed by atoms with Crippen molar-refractivity contribution in [3.05, 3.63) is 28.7 Å². The van der Waals surface area contributed by atoms with Crippen molar-refractivity contribution in [3.63, 3.8) is 0 Å². The number of carboxylic acid groups (broad SMARTS) is 1. The molecule has 0 saturated carbocycles. The fraction of sp³-hybridized carbons (Fsp3) is 0.222. The largest absolute Gasteiger partial charge is 0.550 e. The van der Waals surface area contributed by atoms with E-state index in [-0.39, 0.29) is 17.9 Å². The molecule has 0 saturated heterocycles. The lowest BCUT2D eigenvalue weighted by Crippen LogP contribution is -2.31. The summed E-state index contributed by atoms with van der Waals surface area (Å²) in [6.07, 6.45) is -0.357. The smallest absolute Gasteiger partial charge is 0.241 e. The van der Waals surface area contributed by atoms with Gasteiger partial charge >= 0.3 is 0 Å². The van der Waals surface area contributed by atoms with E-state index in [9.17, 15) is 18.3 Å². The first kappa shape index (κ1) is 13.1. The van der Waals surface area contributed by atoms with Crippen molar-refractivity contribution < 1.29 is 18.3 Å². The number of aliphatic carboxylic acids is 1. The molecular formula is C9H9BrNO4S-. The fourth-order valence-electron chi connectivity index (χ4n) is 1.03. The normalized spacial score (nSPS) is 11.3. The molecular weight excluding hydrogens is 298 g/mol. The minimum Gasteiger partial charge on any atom is -0.550 e. The Kier molecular flexibility index (Phi) is 4.45. The maximum atomic E-state index is 11.7. The molecule has 0 aliphatic rings. The summed E-state index contributed by atoms with van der Waals surface area (Å²) in [7, 11) is -3.67. The molecule has 1 N–H and O–H groups in total. The Hall–Kier alpha value is -0.920. The summed E-state index contributed by atoms with van der Waals surface area (Å²) in [5.41, 5.74) is 0. The van der Waals surface area contributed by atoms with Crippen molar-refractivity contribution in [2.45, 2.75) is 11.3 Å². The van der Waals surface area contributed by atoms with Gasteiger partial charge in [0.25, 0.3) is 0 Å². The highest BCUT2D eigenvalue weighted by molar-refractivity contribution is 9.10. The fourth-order valence-corrected chi connectivity index (χ4v) is 3.06. The molecule has 1 aromatic rings. The van der Waals surface area contributed by atoms with Crippen molar-refractivity contribution in [2.75, 3.05) is 6.54 Å². The van der Waals surface area contributed by atoms with Gasteiger partial charge in [-0.3, -0.25) is 0 Å². The molecule has 0 heterocycles. The van der Waals surface area contributed by atoms with E-state index in [0.29, 0.717) is 4.47 Å². The molecule has 88 valence electrons. The first-order chi connectivity index (χ1) is 7.43. The molecule has 0 radical (unpaired) electrons. The number of sulfonamides is 1. The van der Waals surface area contributed by atoms with E-state index in [1.165, 1.54) is 6.07 Å². The van der Waals surface area contributed by atoms with Gasteiger partial charge in [0.05, 0.1) is 4.90 Å². The molecule has 16 heavy (non-hydrogen) atoms. The van der Waals surface area contributed by atoms with Crippen LogP contribution < -0.4 is 9.83 Å². The predicted octanol–water partition coefficient (Wildman–Crippen LogP) is -0.133. The predicted molar refractivity (Wildman–Crippen MR) is 59.0 cm³/mol. The Morgan fingerprint density at radius 2 is 2.00 bits per heavy atom. The summed E-state index contributed by atoms with van der Waals surface area (Å²) in [5.74, 6) is -1.30. The van der Waals surface area contributed by atoms with Gasteiger partial charge in [-0.1, -0.05) is 12.1 Å². The lowest BCUT2D eigenvalue weighted by Gasteiger charge is -2.08. The quantitative estimate of drug-likeness (QED) is 0.821. The molecule has 5 nitrogen and oxygen atoms in total. The van der Waals surface area contributed by atoms with Crippen molar-refractivity contribution in [1.29, 1.82) is 0 Å². The highest BCUT2D eigenvalue weighted by atomic mass is 79.9. The average molecular weight is 307 g/mol. The van der Waals surface area contributed by atoms with Gasteiger partial charge in [-0.25, -0.2) is 13.1 Å². The molecule has 1 rings (SSSR count). The Labute approximate surface area is 102 Å². The third-order valence-corrected chi connectivity index (χ3v) is 4.22. The van der Waals surface area contributed by atoms with Crippen LogP contribution in [0.25, 0.3) is 0 Å². The first-order valence-corrected chi connectivity index (χ1v) is 6.65. The molecule has 0 atom stereocenters. The Morgan fingerprint density at radius 3 is 2.56 bits per heavy atom. The summed E-state index contributed by atoms with van der Waals surface area (Å²) in [6.45, 7) is -0.188. The van der Waals surface area contributed by atoms with Gasteiger partial charge in [0, 0.05) is 23.4 Å². The lowest BCUT2D eigenvalue weighted by molar-refractivity contribution is -0.305. The summed E-state index contributed by atoms with van der Waals surface area (Å²) in [6, 6.07) is 6.28. The van der Waals surface area contributed by atoms with Crippen LogP contribution in [0.15, 0.2) is 33.6 Å². The molecule has 0 bridgehead atoms. The van der Waals surface area contributed by atoms with Gasteiger partial charge in [-0.05, 0) is 28.1 Å². The van der Waals surface area contributed by atoms with Gasteiger partial charge in [-0.2, -0.15) is 0 Å². The van der Waals surface area contributed by atoms with Gasteiger partial charge < -0.3 is 9.90 Å². The molecule has 1 aromatic carbocycles. The zero-order valence-corrected chi connectivity index (χ0v) is 10.5. The Balaban J connectivity index is 2.79. The van der Waals surface area contributed by atoms with Crippen molar-refractivity contribution >= 4 is 31.9 Å². The highest BCUT2D eigenvalue weighted by Crippen LogP contribution is 2.20. The number of nitrogens with one attached hydrogen (secondary N) is 1. The van der Waals surface area contributed by atoms with E-state index in [1.807, 2.05) is 0 Å². The van der Waals surface area contributed by atoms with Gasteiger partial charge in [-0.15, -0.1) is 0 Å². The Bertz CT molecular complexity index is 486. The van der Waals surface area contributed by atoms with Crippen molar-refractivity contribution in [1.82, 2.24) is 4.72 Å². The molecule has 0 aromatic heterocycles. The van der Waals surface area contributed by atoms with E-state index >= 15 is 0 Å². The standard InChI is InChI=1S/C9H10BrNO4S/c10-7-3-1-2-4-8(7)16(14,15)11-6-5-9(12)13/h1-4,11H,5-6H2,(H,12,13)/p-1. The van der Waals surface area contributed by atoms with E-state index < -0.39 is 16.0 Å². The number of carboxylic acids is 1. The Morgan fingerprint density at radius 1 is 1.38 bits per heavy atom. The molecule has 0 amide bonds. The molecule has 7 heteroatoms. The molecule has 0 aliphatic carbocycles. The zero-order chi connectivity index (χ0) is 12.2. The van der Waals surface area contributed by atoms with Gasteiger partial charge in [0.15, 0.2) is 0 Å². The van der Waals surface area contributed by atoms with E-state index in [0.717, 1.165) is 0 Å². The van der Waals surface area contributed by atoms with Crippen LogP contribution in [-0.2, 0) is 14.8 Å². The lowest BCUT2D eigenvalue weighted by atomic mass is 10.4. The van der Waals surface area contributed by atoms with E-state index in [1.54, 1.807) is 18.2 Å². The molecule has 0 spiro atoms. The van der Waals surface area contributed by atoms with Crippen LogP contribution in [0.4, 0.5) is 0 Å². The van der Waals surface area contributed by atoms with E-state index in [4.69, 9.17) is 0 Å². The number of halogens is 1. The zero-order valence-electron chi connectivity index (χ0n) is 8.14. The van der Waals surface area contributed by atoms with Crippen LogP contribution in [0.1, 0.15) is 6.42 Å². The molecule has 0 aliphatic heterocycles. The highest BCUT2D eigenvalue weighted by Gasteiger charge is 2.15. The van der Waals surface area contributed by atoms with Crippen LogP contribution in [0.2, 0.25) is 0 Å². The SMILES string of the molecule is O=C([O-])CCNS(=O)(=O)c1ccccc1Br. The minimum atomic E-state index is -3.67.